The summed E-state index contributed by atoms with van der Waals surface area (Å²) in [5.74, 6) is 0.975. The third-order valence-electron chi connectivity index (χ3n) is 4.58. The molecule has 0 unspecified atom stereocenters. The zero-order valence-corrected chi connectivity index (χ0v) is 11.1. The molecule has 3 heteroatoms. The average molecular weight is 238 g/mol. The molecule has 0 atom stereocenters. The molecule has 2 N–H and O–H groups in total. The third-order valence-corrected chi connectivity index (χ3v) is 4.58. The maximum absolute atomic E-state index is 12.1. The summed E-state index contributed by atoms with van der Waals surface area (Å²) in [5.41, 5.74) is 6.04. The van der Waals surface area contributed by atoms with E-state index in [0.717, 1.165) is 19.5 Å². The topological polar surface area (TPSA) is 46.3 Å². The van der Waals surface area contributed by atoms with Crippen LogP contribution in [-0.2, 0) is 4.79 Å². The van der Waals surface area contributed by atoms with Crippen LogP contribution in [0.4, 0.5) is 0 Å². The Bertz CT molecular complexity index is 267. The van der Waals surface area contributed by atoms with Gasteiger partial charge < -0.3 is 10.6 Å². The van der Waals surface area contributed by atoms with Gasteiger partial charge in [0.05, 0.1) is 0 Å². The fourth-order valence-electron chi connectivity index (χ4n) is 2.99. The van der Waals surface area contributed by atoms with Gasteiger partial charge in [0.15, 0.2) is 0 Å². The Balaban J connectivity index is 1.74. The van der Waals surface area contributed by atoms with Crippen molar-refractivity contribution in [3.8, 4) is 0 Å². The van der Waals surface area contributed by atoms with Gasteiger partial charge in [-0.25, -0.2) is 0 Å². The summed E-state index contributed by atoms with van der Waals surface area (Å²) in [5, 5.41) is 0. The van der Waals surface area contributed by atoms with E-state index < -0.39 is 0 Å². The van der Waals surface area contributed by atoms with E-state index in [2.05, 4.69) is 0 Å². The smallest absolute Gasteiger partial charge is 0.222 e. The molecule has 0 radical (unpaired) electrons. The van der Waals surface area contributed by atoms with Crippen molar-refractivity contribution in [3.05, 3.63) is 0 Å². The first-order chi connectivity index (χ1) is 8.15. The molecule has 0 aromatic heterocycles. The number of amides is 1. The summed E-state index contributed by atoms with van der Waals surface area (Å²) in [7, 11) is 1.95. The first-order valence-electron chi connectivity index (χ1n) is 7.09. The van der Waals surface area contributed by atoms with Gasteiger partial charge in [-0.05, 0) is 38.1 Å². The summed E-state index contributed by atoms with van der Waals surface area (Å²) in [6.45, 7) is 1.60. The molecule has 2 aliphatic carbocycles. The summed E-state index contributed by atoms with van der Waals surface area (Å²) >= 11 is 0. The lowest BCUT2D eigenvalue weighted by atomic mass is 9.86. The molecule has 0 spiro atoms. The molecular formula is C14H26N2O. The minimum absolute atomic E-state index is 0.275. The number of carbonyl (C=O) groups excluding carboxylic acids is 1. The highest BCUT2D eigenvalue weighted by Gasteiger charge is 2.42. The van der Waals surface area contributed by atoms with E-state index in [4.69, 9.17) is 5.73 Å². The van der Waals surface area contributed by atoms with Crippen molar-refractivity contribution < 1.29 is 4.79 Å². The maximum Gasteiger partial charge on any atom is 0.222 e. The second-order valence-corrected chi connectivity index (χ2v) is 6.16. The molecule has 0 bridgehead atoms. The zero-order valence-electron chi connectivity index (χ0n) is 11.1. The fraction of sp³-hybridized carbons (Fsp3) is 0.929. The molecule has 0 aliphatic heterocycles. The molecule has 1 amide bonds. The third kappa shape index (κ3) is 3.44. The van der Waals surface area contributed by atoms with E-state index in [1.807, 2.05) is 11.9 Å². The summed E-state index contributed by atoms with van der Waals surface area (Å²) in [4.78, 5) is 14.0. The lowest BCUT2D eigenvalue weighted by Gasteiger charge is -2.26. The van der Waals surface area contributed by atoms with Gasteiger partial charge in [-0.3, -0.25) is 4.79 Å². The van der Waals surface area contributed by atoms with E-state index in [1.165, 1.54) is 44.9 Å². The Morgan fingerprint density at radius 3 is 2.47 bits per heavy atom. The minimum Gasteiger partial charge on any atom is -0.345 e. The molecule has 3 nitrogen and oxygen atoms in total. The van der Waals surface area contributed by atoms with Gasteiger partial charge in [0.25, 0.3) is 0 Å². The SMILES string of the molecule is CN(CC1(CN)CC1)C(=O)CC1CCCCC1. The number of carbonyl (C=O) groups is 1. The van der Waals surface area contributed by atoms with Gasteiger partial charge in [0, 0.05) is 25.4 Å². The van der Waals surface area contributed by atoms with Crippen molar-refractivity contribution in [3.63, 3.8) is 0 Å². The zero-order chi connectivity index (χ0) is 12.3. The molecule has 0 aromatic rings. The highest BCUT2D eigenvalue weighted by Crippen LogP contribution is 2.45. The largest absolute Gasteiger partial charge is 0.345 e. The van der Waals surface area contributed by atoms with Gasteiger partial charge in [-0.15, -0.1) is 0 Å². The Morgan fingerprint density at radius 1 is 1.29 bits per heavy atom. The van der Waals surface area contributed by atoms with Crippen LogP contribution in [0.3, 0.4) is 0 Å². The van der Waals surface area contributed by atoms with Gasteiger partial charge >= 0.3 is 0 Å². The summed E-state index contributed by atoms with van der Waals surface area (Å²) in [6.07, 6.45) is 9.65. The standard InChI is InChI=1S/C14H26N2O/c1-16(11-14(10-15)7-8-14)13(17)9-12-5-3-2-4-6-12/h12H,2-11,15H2,1H3. The van der Waals surface area contributed by atoms with Crippen LogP contribution in [0, 0.1) is 11.3 Å². The Morgan fingerprint density at radius 2 is 1.94 bits per heavy atom. The molecule has 98 valence electrons. The monoisotopic (exact) mass is 238 g/mol. The Kier molecular flexibility index (Phi) is 4.08. The predicted octanol–water partition coefficient (Wildman–Crippen LogP) is 2.15. The second kappa shape index (κ2) is 5.38. The predicted molar refractivity (Wildman–Crippen MR) is 69.6 cm³/mol. The van der Waals surface area contributed by atoms with Crippen molar-refractivity contribution in [2.75, 3.05) is 20.1 Å². The van der Waals surface area contributed by atoms with Crippen molar-refractivity contribution in [2.24, 2.45) is 17.1 Å². The van der Waals surface area contributed by atoms with E-state index in [1.54, 1.807) is 0 Å². The number of rotatable bonds is 5. The van der Waals surface area contributed by atoms with Crippen LogP contribution in [0.25, 0.3) is 0 Å². The van der Waals surface area contributed by atoms with Crippen LogP contribution in [0.2, 0.25) is 0 Å². The number of nitrogens with zero attached hydrogens (tertiary/aromatic N) is 1. The first kappa shape index (κ1) is 12.9. The highest BCUT2D eigenvalue weighted by atomic mass is 16.2. The van der Waals surface area contributed by atoms with Crippen LogP contribution < -0.4 is 5.73 Å². The molecular weight excluding hydrogens is 212 g/mol. The van der Waals surface area contributed by atoms with Crippen molar-refractivity contribution in [1.29, 1.82) is 0 Å². The Labute approximate surface area is 105 Å². The number of nitrogens with two attached hydrogens (primary N) is 1. The van der Waals surface area contributed by atoms with Crippen LogP contribution >= 0.6 is 0 Å². The molecule has 0 heterocycles. The quantitative estimate of drug-likeness (QED) is 0.797. The molecule has 17 heavy (non-hydrogen) atoms. The molecule has 2 fully saturated rings. The van der Waals surface area contributed by atoms with E-state index in [0.29, 0.717) is 11.8 Å². The second-order valence-electron chi connectivity index (χ2n) is 6.16. The molecule has 0 saturated heterocycles. The fourth-order valence-corrected chi connectivity index (χ4v) is 2.99. The van der Waals surface area contributed by atoms with Gasteiger partial charge in [0.1, 0.15) is 0 Å². The first-order valence-corrected chi connectivity index (χ1v) is 7.09. The lowest BCUT2D eigenvalue weighted by molar-refractivity contribution is -0.131. The summed E-state index contributed by atoms with van der Waals surface area (Å²) in [6, 6.07) is 0. The van der Waals surface area contributed by atoms with Crippen LogP contribution in [0.15, 0.2) is 0 Å². The average Bonchev–Trinajstić information content (AvgIpc) is 3.11. The van der Waals surface area contributed by atoms with Crippen LogP contribution in [-0.4, -0.2) is 30.9 Å². The molecule has 2 rings (SSSR count). The number of hydrogen-bond donors (Lipinski definition) is 1. The van der Waals surface area contributed by atoms with E-state index in [-0.39, 0.29) is 5.41 Å². The van der Waals surface area contributed by atoms with Gasteiger partial charge in [-0.1, -0.05) is 19.3 Å². The van der Waals surface area contributed by atoms with Crippen molar-refractivity contribution >= 4 is 5.91 Å². The van der Waals surface area contributed by atoms with E-state index in [9.17, 15) is 4.79 Å². The highest BCUT2D eigenvalue weighted by molar-refractivity contribution is 5.76. The maximum atomic E-state index is 12.1. The molecule has 2 aliphatic rings. The lowest BCUT2D eigenvalue weighted by Crippen LogP contribution is -2.36. The Hall–Kier alpha value is -0.570. The summed E-state index contributed by atoms with van der Waals surface area (Å²) < 4.78 is 0. The molecule has 2 saturated carbocycles. The normalized spacial score (nSPS) is 23.4. The van der Waals surface area contributed by atoms with Gasteiger partial charge in [-0.2, -0.15) is 0 Å². The van der Waals surface area contributed by atoms with Crippen LogP contribution in [0.1, 0.15) is 51.4 Å². The van der Waals surface area contributed by atoms with E-state index >= 15 is 0 Å². The van der Waals surface area contributed by atoms with Crippen molar-refractivity contribution in [2.45, 2.75) is 51.4 Å². The minimum atomic E-state index is 0.275. The van der Waals surface area contributed by atoms with Crippen molar-refractivity contribution in [1.82, 2.24) is 4.90 Å². The van der Waals surface area contributed by atoms with Crippen LogP contribution in [0.5, 0.6) is 0 Å². The van der Waals surface area contributed by atoms with Gasteiger partial charge in [0.2, 0.25) is 5.91 Å². The number of hydrogen-bond acceptors (Lipinski definition) is 2. The molecule has 0 aromatic carbocycles.